The SMILES string of the molecule is COc1ccc2ccc(O)c(CNNc3ccccc3)c2c1. The van der Waals surface area contributed by atoms with Gasteiger partial charge in [0, 0.05) is 17.8 Å². The number of phenols is 1. The second kappa shape index (κ2) is 6.37. The van der Waals surface area contributed by atoms with Crippen molar-refractivity contribution in [1.82, 2.24) is 5.43 Å². The van der Waals surface area contributed by atoms with Gasteiger partial charge in [-0.25, -0.2) is 5.43 Å². The summed E-state index contributed by atoms with van der Waals surface area (Å²) in [6.45, 7) is 0.491. The van der Waals surface area contributed by atoms with Gasteiger partial charge in [-0.2, -0.15) is 0 Å². The number of fused-ring (bicyclic) bond motifs is 1. The summed E-state index contributed by atoms with van der Waals surface area (Å²) >= 11 is 0. The summed E-state index contributed by atoms with van der Waals surface area (Å²) in [5, 5.41) is 12.2. The number of hydrazine groups is 1. The lowest BCUT2D eigenvalue weighted by molar-refractivity contribution is 0.415. The molecule has 0 fully saturated rings. The van der Waals surface area contributed by atoms with Crippen LogP contribution in [-0.2, 0) is 6.54 Å². The highest BCUT2D eigenvalue weighted by atomic mass is 16.5. The largest absolute Gasteiger partial charge is 0.508 e. The van der Waals surface area contributed by atoms with E-state index in [4.69, 9.17) is 4.74 Å². The van der Waals surface area contributed by atoms with E-state index in [1.165, 1.54) is 0 Å². The number of hydrogen-bond donors (Lipinski definition) is 3. The average molecular weight is 294 g/mol. The Morgan fingerprint density at radius 3 is 2.55 bits per heavy atom. The fourth-order valence-electron chi connectivity index (χ4n) is 2.42. The van der Waals surface area contributed by atoms with Crippen molar-refractivity contribution in [2.75, 3.05) is 12.5 Å². The van der Waals surface area contributed by atoms with E-state index in [1.807, 2.05) is 54.6 Å². The Balaban J connectivity index is 1.84. The molecule has 0 amide bonds. The van der Waals surface area contributed by atoms with Crippen LogP contribution >= 0.6 is 0 Å². The summed E-state index contributed by atoms with van der Waals surface area (Å²) in [4.78, 5) is 0. The Morgan fingerprint density at radius 2 is 1.77 bits per heavy atom. The summed E-state index contributed by atoms with van der Waals surface area (Å²) < 4.78 is 5.27. The molecule has 22 heavy (non-hydrogen) atoms. The van der Waals surface area contributed by atoms with Crippen LogP contribution in [0.5, 0.6) is 11.5 Å². The number of ether oxygens (including phenoxy) is 1. The average Bonchev–Trinajstić information content (AvgIpc) is 2.57. The van der Waals surface area contributed by atoms with Gasteiger partial charge in [-0.05, 0) is 41.1 Å². The first-order valence-electron chi connectivity index (χ1n) is 7.10. The van der Waals surface area contributed by atoms with Crippen molar-refractivity contribution in [3.63, 3.8) is 0 Å². The second-order valence-electron chi connectivity index (χ2n) is 4.99. The first-order valence-corrected chi connectivity index (χ1v) is 7.10. The summed E-state index contributed by atoms with van der Waals surface area (Å²) in [6.07, 6.45) is 0. The maximum Gasteiger partial charge on any atom is 0.120 e. The number of benzene rings is 3. The van der Waals surface area contributed by atoms with Gasteiger partial charge in [0.2, 0.25) is 0 Å². The zero-order chi connectivity index (χ0) is 15.4. The molecule has 3 rings (SSSR count). The predicted molar refractivity (Wildman–Crippen MR) is 89.1 cm³/mol. The summed E-state index contributed by atoms with van der Waals surface area (Å²) in [5.74, 6) is 1.04. The van der Waals surface area contributed by atoms with Crippen molar-refractivity contribution in [1.29, 1.82) is 0 Å². The molecule has 0 radical (unpaired) electrons. The van der Waals surface area contributed by atoms with Crippen LogP contribution in [0.15, 0.2) is 60.7 Å². The molecule has 0 aliphatic rings. The molecule has 0 saturated carbocycles. The minimum absolute atomic E-state index is 0.267. The number of para-hydroxylation sites is 1. The quantitative estimate of drug-likeness (QED) is 0.628. The van der Waals surface area contributed by atoms with Gasteiger partial charge in [-0.3, -0.25) is 0 Å². The van der Waals surface area contributed by atoms with Crippen LogP contribution in [-0.4, -0.2) is 12.2 Å². The zero-order valence-corrected chi connectivity index (χ0v) is 12.3. The van der Waals surface area contributed by atoms with E-state index in [9.17, 15) is 5.11 Å². The number of phenolic OH excluding ortho intramolecular Hbond substituents is 1. The predicted octanol–water partition coefficient (Wildman–Crippen LogP) is 3.67. The fraction of sp³-hybridized carbons (Fsp3) is 0.111. The van der Waals surface area contributed by atoms with Crippen molar-refractivity contribution < 1.29 is 9.84 Å². The zero-order valence-electron chi connectivity index (χ0n) is 12.3. The van der Waals surface area contributed by atoms with Gasteiger partial charge in [0.15, 0.2) is 0 Å². The lowest BCUT2D eigenvalue weighted by atomic mass is 10.0. The maximum atomic E-state index is 10.2. The summed E-state index contributed by atoms with van der Waals surface area (Å²) in [7, 11) is 1.64. The van der Waals surface area contributed by atoms with E-state index in [1.54, 1.807) is 13.2 Å². The molecule has 0 aliphatic carbocycles. The number of methoxy groups -OCH3 is 1. The molecule has 0 unspecified atom stereocenters. The normalized spacial score (nSPS) is 10.6. The van der Waals surface area contributed by atoms with Crippen LogP contribution in [0.3, 0.4) is 0 Å². The van der Waals surface area contributed by atoms with E-state index < -0.39 is 0 Å². The van der Waals surface area contributed by atoms with Crippen molar-refractivity contribution in [2.24, 2.45) is 0 Å². The molecular formula is C18H18N2O2. The van der Waals surface area contributed by atoms with Gasteiger partial charge in [0.25, 0.3) is 0 Å². The number of aromatic hydroxyl groups is 1. The fourth-order valence-corrected chi connectivity index (χ4v) is 2.42. The Labute approximate surface area is 129 Å². The topological polar surface area (TPSA) is 53.5 Å². The molecule has 4 nitrogen and oxygen atoms in total. The highest BCUT2D eigenvalue weighted by molar-refractivity contribution is 5.89. The number of nitrogens with one attached hydrogen (secondary N) is 2. The number of hydrogen-bond acceptors (Lipinski definition) is 4. The van der Waals surface area contributed by atoms with Crippen LogP contribution in [0.1, 0.15) is 5.56 Å². The summed E-state index contributed by atoms with van der Waals surface area (Å²) in [5.41, 5.74) is 8.06. The third kappa shape index (κ3) is 2.97. The molecule has 0 spiro atoms. The first-order chi connectivity index (χ1) is 10.8. The number of anilines is 1. The standard InChI is InChI=1S/C18H18N2O2/c1-22-15-9-7-13-8-10-18(21)17(16(13)11-15)12-19-20-14-5-3-2-4-6-14/h2-11,19-21H,12H2,1H3. The Bertz CT molecular complexity index is 773. The molecule has 0 aromatic heterocycles. The second-order valence-corrected chi connectivity index (χ2v) is 4.99. The lowest BCUT2D eigenvalue weighted by Crippen LogP contribution is -2.21. The van der Waals surface area contributed by atoms with E-state index in [0.717, 1.165) is 27.8 Å². The van der Waals surface area contributed by atoms with E-state index in [-0.39, 0.29) is 5.75 Å². The van der Waals surface area contributed by atoms with E-state index in [2.05, 4.69) is 10.9 Å². The van der Waals surface area contributed by atoms with Crippen molar-refractivity contribution in [2.45, 2.75) is 6.54 Å². The lowest BCUT2D eigenvalue weighted by Gasteiger charge is -2.13. The van der Waals surface area contributed by atoms with Crippen LogP contribution in [0.4, 0.5) is 5.69 Å². The molecule has 0 atom stereocenters. The van der Waals surface area contributed by atoms with Gasteiger partial charge >= 0.3 is 0 Å². The molecule has 3 N–H and O–H groups in total. The summed E-state index contributed by atoms with van der Waals surface area (Å²) in [6, 6.07) is 19.3. The first kappa shape index (κ1) is 14.2. The minimum Gasteiger partial charge on any atom is -0.508 e. The highest BCUT2D eigenvalue weighted by Gasteiger charge is 2.08. The molecule has 0 saturated heterocycles. The molecule has 0 bridgehead atoms. The maximum absolute atomic E-state index is 10.2. The number of rotatable bonds is 5. The minimum atomic E-state index is 0.267. The van der Waals surface area contributed by atoms with Gasteiger partial charge in [-0.1, -0.05) is 30.3 Å². The molecule has 0 heterocycles. The van der Waals surface area contributed by atoms with Gasteiger partial charge in [0.1, 0.15) is 11.5 Å². The molecule has 0 aliphatic heterocycles. The Kier molecular flexibility index (Phi) is 4.12. The molecular weight excluding hydrogens is 276 g/mol. The van der Waals surface area contributed by atoms with Gasteiger partial charge in [-0.15, -0.1) is 0 Å². The van der Waals surface area contributed by atoms with Crippen molar-refractivity contribution in [3.05, 3.63) is 66.2 Å². The molecule has 3 aromatic rings. The van der Waals surface area contributed by atoms with Crippen LogP contribution in [0.25, 0.3) is 10.8 Å². The van der Waals surface area contributed by atoms with Gasteiger partial charge in [0.05, 0.1) is 7.11 Å². The van der Waals surface area contributed by atoms with Gasteiger partial charge < -0.3 is 15.3 Å². The molecule has 112 valence electrons. The molecule has 4 heteroatoms. The third-order valence-electron chi connectivity index (χ3n) is 3.59. The molecule has 3 aromatic carbocycles. The highest BCUT2D eigenvalue weighted by Crippen LogP contribution is 2.30. The Morgan fingerprint density at radius 1 is 1.00 bits per heavy atom. The monoisotopic (exact) mass is 294 g/mol. The smallest absolute Gasteiger partial charge is 0.120 e. The van der Waals surface area contributed by atoms with E-state index >= 15 is 0 Å². The van der Waals surface area contributed by atoms with E-state index in [0.29, 0.717) is 6.54 Å². The van der Waals surface area contributed by atoms with Crippen LogP contribution in [0.2, 0.25) is 0 Å². The van der Waals surface area contributed by atoms with Crippen LogP contribution < -0.4 is 15.6 Å². The Hall–Kier alpha value is -2.72. The van der Waals surface area contributed by atoms with Crippen molar-refractivity contribution in [3.8, 4) is 11.5 Å². The van der Waals surface area contributed by atoms with Crippen molar-refractivity contribution >= 4 is 16.5 Å². The van der Waals surface area contributed by atoms with Crippen LogP contribution in [0, 0.1) is 0 Å². The third-order valence-corrected chi connectivity index (χ3v) is 3.59.